The van der Waals surface area contributed by atoms with Gasteiger partial charge in [0.15, 0.2) is 0 Å². The third-order valence-corrected chi connectivity index (χ3v) is 2.57. The highest BCUT2D eigenvalue weighted by atomic mass is 79.9. The molecule has 0 heterocycles. The predicted octanol–water partition coefficient (Wildman–Crippen LogP) is 2.67. The lowest BCUT2D eigenvalue weighted by Crippen LogP contribution is -2.03. The molecule has 0 aromatic heterocycles. The van der Waals surface area contributed by atoms with E-state index in [1.165, 1.54) is 6.07 Å². The van der Waals surface area contributed by atoms with E-state index >= 15 is 0 Å². The van der Waals surface area contributed by atoms with Crippen molar-refractivity contribution >= 4 is 21.6 Å². The van der Waals surface area contributed by atoms with Crippen LogP contribution in [0, 0.1) is 10.1 Å². The normalized spacial score (nSPS) is 12.5. The van der Waals surface area contributed by atoms with Gasteiger partial charge in [-0.2, -0.15) is 0 Å². The Bertz CT molecular complexity index is 366. The summed E-state index contributed by atoms with van der Waals surface area (Å²) in [7, 11) is 0. The Balaban J connectivity index is 2.91. The molecule has 0 radical (unpaired) electrons. The molecule has 0 aliphatic carbocycles. The first-order chi connectivity index (χ1) is 7.00. The van der Waals surface area contributed by atoms with Crippen LogP contribution < -0.4 is 0 Å². The molecule has 1 rings (SSSR count). The van der Waals surface area contributed by atoms with Gasteiger partial charge in [0, 0.05) is 16.1 Å². The minimum atomic E-state index is -0.437. The number of halogens is 1. The molecule has 1 aromatic carbocycles. The average Bonchev–Trinajstić information content (AvgIpc) is 2.15. The van der Waals surface area contributed by atoms with E-state index < -0.39 is 11.0 Å². The van der Waals surface area contributed by atoms with Gasteiger partial charge < -0.3 is 5.11 Å². The maximum atomic E-state index is 10.7. The van der Waals surface area contributed by atoms with Gasteiger partial charge in [-0.15, -0.1) is 0 Å². The first kappa shape index (κ1) is 12.1. The summed E-state index contributed by atoms with van der Waals surface area (Å²) in [4.78, 5) is 10.3. The van der Waals surface area contributed by atoms with Crippen LogP contribution in [0.5, 0.6) is 0 Å². The van der Waals surface area contributed by atoms with Crippen LogP contribution in [0.1, 0.15) is 18.9 Å². The van der Waals surface area contributed by atoms with Crippen LogP contribution in [0.4, 0.5) is 5.69 Å². The van der Waals surface area contributed by atoms with E-state index in [-0.39, 0.29) is 5.69 Å². The third kappa shape index (κ3) is 3.60. The zero-order valence-electron chi connectivity index (χ0n) is 8.31. The maximum absolute atomic E-state index is 10.7. The van der Waals surface area contributed by atoms with Gasteiger partial charge in [0.1, 0.15) is 0 Å². The van der Waals surface area contributed by atoms with Crippen molar-refractivity contribution < 1.29 is 10.0 Å². The van der Waals surface area contributed by atoms with Crippen LogP contribution in [0.2, 0.25) is 0 Å². The van der Waals surface area contributed by atoms with Crippen LogP contribution in [0.25, 0.3) is 0 Å². The van der Waals surface area contributed by atoms with Crippen molar-refractivity contribution in [2.24, 2.45) is 0 Å². The van der Waals surface area contributed by atoms with Crippen molar-refractivity contribution in [3.8, 4) is 0 Å². The summed E-state index contributed by atoms with van der Waals surface area (Å²) in [5.74, 6) is 0. The fraction of sp³-hybridized carbons (Fsp3) is 0.400. The molecule has 0 fully saturated rings. The Morgan fingerprint density at radius 2 is 2.27 bits per heavy atom. The van der Waals surface area contributed by atoms with Gasteiger partial charge in [0.25, 0.3) is 5.69 Å². The number of hydrogen-bond acceptors (Lipinski definition) is 3. The number of hydrogen-bond donors (Lipinski definition) is 1. The molecule has 1 N–H and O–H groups in total. The molecule has 4 nitrogen and oxygen atoms in total. The van der Waals surface area contributed by atoms with Gasteiger partial charge in [-0.25, -0.2) is 0 Å². The summed E-state index contributed by atoms with van der Waals surface area (Å²) in [6.07, 6.45) is 0.609. The number of nitro benzene ring substituents is 1. The van der Waals surface area contributed by atoms with Gasteiger partial charge in [-0.1, -0.05) is 22.0 Å². The Kier molecular flexibility index (Phi) is 4.23. The number of benzene rings is 1. The van der Waals surface area contributed by atoms with Gasteiger partial charge in [0.05, 0.1) is 11.0 Å². The van der Waals surface area contributed by atoms with E-state index in [2.05, 4.69) is 15.9 Å². The molecule has 0 aliphatic heterocycles. The predicted molar refractivity (Wildman–Crippen MR) is 60.8 cm³/mol. The Morgan fingerprint density at radius 3 is 2.80 bits per heavy atom. The minimum Gasteiger partial charge on any atom is -0.393 e. The lowest BCUT2D eigenvalue weighted by atomic mass is 10.1. The van der Waals surface area contributed by atoms with E-state index in [1.807, 2.05) is 0 Å². The molecule has 0 unspecified atom stereocenters. The van der Waals surface area contributed by atoms with Crippen molar-refractivity contribution in [2.45, 2.75) is 25.9 Å². The number of aliphatic hydroxyl groups is 1. The molecule has 5 heteroatoms. The summed E-state index contributed by atoms with van der Waals surface area (Å²) in [5, 5.41) is 19.9. The molecule has 0 saturated carbocycles. The van der Waals surface area contributed by atoms with E-state index in [1.54, 1.807) is 19.1 Å². The highest BCUT2D eigenvalue weighted by Crippen LogP contribution is 2.24. The summed E-state index contributed by atoms with van der Waals surface area (Å²) < 4.78 is 0.690. The topological polar surface area (TPSA) is 63.4 Å². The van der Waals surface area contributed by atoms with Crippen molar-refractivity contribution in [1.82, 2.24) is 0 Å². The van der Waals surface area contributed by atoms with Crippen molar-refractivity contribution in [3.63, 3.8) is 0 Å². The third-order valence-electron chi connectivity index (χ3n) is 2.08. The summed E-state index contributed by atoms with van der Waals surface area (Å²) in [6, 6.07) is 4.96. The molecule has 1 atom stereocenters. The molecule has 82 valence electrons. The number of rotatable bonds is 4. The molecule has 0 spiro atoms. The zero-order valence-corrected chi connectivity index (χ0v) is 9.90. The van der Waals surface area contributed by atoms with E-state index in [4.69, 9.17) is 5.11 Å². The van der Waals surface area contributed by atoms with Gasteiger partial charge >= 0.3 is 0 Å². The molecule has 0 bridgehead atoms. The SMILES string of the molecule is C[C@@H](O)CCc1ccc(Br)cc1[N+](=O)[O-]. The smallest absolute Gasteiger partial charge is 0.273 e. The first-order valence-electron chi connectivity index (χ1n) is 4.61. The fourth-order valence-electron chi connectivity index (χ4n) is 1.28. The highest BCUT2D eigenvalue weighted by Gasteiger charge is 2.14. The number of nitro groups is 1. The molecule has 0 aliphatic rings. The van der Waals surface area contributed by atoms with E-state index in [0.717, 1.165) is 0 Å². The quantitative estimate of drug-likeness (QED) is 0.678. The second kappa shape index (κ2) is 5.23. The fourth-order valence-corrected chi connectivity index (χ4v) is 1.63. The number of aryl methyl sites for hydroxylation is 1. The van der Waals surface area contributed by atoms with Crippen LogP contribution >= 0.6 is 15.9 Å². The maximum Gasteiger partial charge on any atom is 0.273 e. The Morgan fingerprint density at radius 1 is 1.60 bits per heavy atom. The van der Waals surface area contributed by atoms with Gasteiger partial charge in [0.2, 0.25) is 0 Å². The van der Waals surface area contributed by atoms with Crippen LogP contribution in [0.15, 0.2) is 22.7 Å². The van der Waals surface area contributed by atoms with Crippen LogP contribution in [-0.4, -0.2) is 16.1 Å². The largest absolute Gasteiger partial charge is 0.393 e. The molecule has 1 aromatic rings. The molecular weight excluding hydrogens is 262 g/mol. The zero-order chi connectivity index (χ0) is 11.4. The standard InChI is InChI=1S/C10H12BrNO3/c1-7(13)2-3-8-4-5-9(11)6-10(8)12(14)15/h4-7,13H,2-3H2,1H3/t7-/m1/s1. The first-order valence-corrected chi connectivity index (χ1v) is 5.41. The summed E-state index contributed by atoms with van der Waals surface area (Å²) in [5.41, 5.74) is 0.758. The van der Waals surface area contributed by atoms with Crippen molar-refractivity contribution in [1.29, 1.82) is 0 Å². The van der Waals surface area contributed by atoms with Crippen LogP contribution in [-0.2, 0) is 6.42 Å². The van der Waals surface area contributed by atoms with E-state index in [9.17, 15) is 10.1 Å². The average molecular weight is 274 g/mol. The molecule has 0 saturated heterocycles. The number of nitrogens with zero attached hydrogens (tertiary/aromatic N) is 1. The summed E-state index contributed by atoms with van der Waals surface area (Å²) >= 11 is 3.19. The lowest BCUT2D eigenvalue weighted by Gasteiger charge is -2.05. The highest BCUT2D eigenvalue weighted by molar-refractivity contribution is 9.10. The van der Waals surface area contributed by atoms with E-state index in [0.29, 0.717) is 22.9 Å². The lowest BCUT2D eigenvalue weighted by molar-refractivity contribution is -0.385. The minimum absolute atomic E-state index is 0.102. The molecular formula is C10H12BrNO3. The number of aliphatic hydroxyl groups excluding tert-OH is 1. The second-order valence-electron chi connectivity index (χ2n) is 3.42. The molecule has 0 amide bonds. The second-order valence-corrected chi connectivity index (χ2v) is 4.33. The Labute approximate surface area is 96.2 Å². The Hall–Kier alpha value is -0.940. The van der Waals surface area contributed by atoms with Crippen LogP contribution in [0.3, 0.4) is 0 Å². The van der Waals surface area contributed by atoms with Crippen molar-refractivity contribution in [2.75, 3.05) is 0 Å². The monoisotopic (exact) mass is 273 g/mol. The molecule has 15 heavy (non-hydrogen) atoms. The van der Waals surface area contributed by atoms with Gasteiger partial charge in [-0.05, 0) is 25.8 Å². The van der Waals surface area contributed by atoms with Gasteiger partial charge in [-0.3, -0.25) is 10.1 Å². The van der Waals surface area contributed by atoms with Crippen molar-refractivity contribution in [3.05, 3.63) is 38.3 Å². The summed E-state index contributed by atoms with van der Waals surface area (Å²) in [6.45, 7) is 1.67.